The molecule has 1 saturated carbocycles. The van der Waals surface area contributed by atoms with Crippen molar-refractivity contribution < 1.29 is 46.1 Å². The molecule has 0 spiro atoms. The third-order valence-electron chi connectivity index (χ3n) is 12.5. The molecule has 7 N–H and O–H groups in total. The van der Waals surface area contributed by atoms with E-state index in [-0.39, 0.29) is 80.1 Å². The number of cyclic esters (lactones) is 1. The molecule has 3 aliphatic rings. The number of primary amides is 1. The number of sulfonamides is 1. The van der Waals surface area contributed by atoms with Gasteiger partial charge in [-0.2, -0.15) is 9.97 Å². The fourth-order valence-electron chi connectivity index (χ4n) is 8.36. The van der Waals surface area contributed by atoms with E-state index in [1.807, 2.05) is 0 Å². The molecular formula is C50H62BrFN12O9S. The Balaban J connectivity index is 0.668. The summed E-state index contributed by atoms with van der Waals surface area (Å²) in [7, 11) is -3.83. The number of amides is 2. The van der Waals surface area contributed by atoms with Gasteiger partial charge < -0.3 is 50.7 Å². The number of nitrogens with zero attached hydrogens (tertiary/aromatic N) is 6. The molecule has 5 aromatic rings. The first-order chi connectivity index (χ1) is 35.9. The minimum absolute atomic E-state index is 0.0382. The highest BCUT2D eigenvalue weighted by molar-refractivity contribution is 9.10. The largest absolute Gasteiger partial charge is 0.444 e. The monoisotopic (exact) mass is 1100 g/mol. The fourth-order valence-corrected chi connectivity index (χ4v) is 9.67. The molecular weight excluding hydrogens is 1040 g/mol. The second-order valence-corrected chi connectivity index (χ2v) is 20.4. The summed E-state index contributed by atoms with van der Waals surface area (Å²) in [5, 5.41) is 12.8. The van der Waals surface area contributed by atoms with Crippen LogP contribution in [0.4, 0.5) is 44.1 Å². The average molecular weight is 1110 g/mol. The van der Waals surface area contributed by atoms with Crippen LogP contribution in [0.3, 0.4) is 0 Å². The van der Waals surface area contributed by atoms with Gasteiger partial charge in [-0.3, -0.25) is 14.6 Å². The Morgan fingerprint density at radius 2 is 1.53 bits per heavy atom. The van der Waals surface area contributed by atoms with Crippen LogP contribution >= 0.6 is 15.9 Å². The van der Waals surface area contributed by atoms with Crippen molar-refractivity contribution in [1.82, 2.24) is 34.9 Å². The summed E-state index contributed by atoms with van der Waals surface area (Å²) in [5.41, 5.74) is 8.86. The van der Waals surface area contributed by atoms with Gasteiger partial charge in [-0.15, -0.1) is 0 Å². The summed E-state index contributed by atoms with van der Waals surface area (Å²) in [6, 6.07) is 19.3. The highest BCUT2D eigenvalue weighted by Gasteiger charge is 2.31. The van der Waals surface area contributed by atoms with Crippen LogP contribution < -0.4 is 36.6 Å². The Morgan fingerprint density at radius 3 is 2.22 bits per heavy atom. The number of fused-ring (bicyclic) bond motifs is 1. The molecule has 4 heterocycles. The predicted octanol–water partition coefficient (Wildman–Crippen LogP) is 6.18. The molecule has 2 fully saturated rings. The minimum atomic E-state index is -3.83. The number of anilines is 6. The predicted molar refractivity (Wildman–Crippen MR) is 279 cm³/mol. The number of nitrogens with two attached hydrogens (primary N) is 1. The van der Waals surface area contributed by atoms with Crippen LogP contribution in [-0.2, 0) is 40.3 Å². The summed E-state index contributed by atoms with van der Waals surface area (Å²) in [4.78, 5) is 46.6. The number of piperazine rings is 1. The van der Waals surface area contributed by atoms with Gasteiger partial charge in [-0.1, -0.05) is 43.2 Å². The molecule has 2 atom stereocenters. The highest BCUT2D eigenvalue weighted by atomic mass is 79.9. The zero-order valence-electron chi connectivity index (χ0n) is 41.1. The number of carbonyl (C=O) groups excluding carboxylic acids is 2. The molecule has 8 rings (SSSR count). The number of hydrogen-bond acceptors (Lipinski definition) is 18. The number of rotatable bonds is 29. The van der Waals surface area contributed by atoms with Crippen molar-refractivity contribution in [2.45, 2.75) is 49.8 Å². The molecule has 1 saturated heterocycles. The summed E-state index contributed by atoms with van der Waals surface area (Å²) in [6.45, 7) is 8.87. The number of hydrogen-bond donors (Lipinski definition) is 6. The Kier molecular flexibility index (Phi) is 19.4. The lowest BCUT2D eigenvalue weighted by Crippen LogP contribution is -2.45. The van der Waals surface area contributed by atoms with E-state index in [9.17, 15) is 22.4 Å². The smallest absolute Gasteiger partial charge is 0.415 e. The highest BCUT2D eigenvalue weighted by Crippen LogP contribution is 2.40. The van der Waals surface area contributed by atoms with Gasteiger partial charge in [0.2, 0.25) is 21.9 Å². The molecule has 3 aromatic carbocycles. The molecule has 21 nitrogen and oxygen atoms in total. The number of halogens is 2. The number of aromatic nitrogens is 4. The lowest BCUT2D eigenvalue weighted by atomic mass is 9.96. The van der Waals surface area contributed by atoms with Gasteiger partial charge in [0.25, 0.3) is 5.91 Å². The normalized spacial score (nSPS) is 15.8. The Labute approximate surface area is 438 Å². The maximum Gasteiger partial charge on any atom is 0.415 e. The van der Waals surface area contributed by atoms with E-state index in [4.69, 9.17) is 34.4 Å². The minimum Gasteiger partial charge on any atom is -0.444 e. The van der Waals surface area contributed by atoms with E-state index < -0.39 is 27.8 Å². The standard InChI is InChI=1S/C50H62BrFN12O9S/c1-33(35-7-9-36(10-8-35)43(29-34-5-6-34)63-18-15-54-16-19-63)58-48-55-30-37-32-73-50(66)64(47(37)62-48)20-22-70-24-26-72-28-27-71-25-23-69-21-17-57-74(67,68)39-13-11-38(12-14-39)59-49-56-31-40(51)46(61-49)60-42-4-2-3-41(52)44(42)45(53)65/h2-4,7-14,30-31,33-34,43,54,57H,5-6,15-29,32H2,1H3,(H2,53,65)(H,55,58,62)(H2,56,59,60,61)/t33-,43-/m0/s1. The zero-order chi connectivity index (χ0) is 51.9. The molecule has 1 aliphatic carbocycles. The Hall–Kier alpha value is -5.96. The van der Waals surface area contributed by atoms with Crippen LogP contribution in [0.1, 0.15) is 65.3 Å². The van der Waals surface area contributed by atoms with Crippen molar-refractivity contribution in [3.63, 3.8) is 0 Å². The molecule has 74 heavy (non-hydrogen) atoms. The molecule has 0 radical (unpaired) electrons. The first-order valence-corrected chi connectivity index (χ1v) is 26.9. The summed E-state index contributed by atoms with van der Waals surface area (Å²) in [6.07, 6.45) is 6.54. The van der Waals surface area contributed by atoms with Crippen molar-refractivity contribution in [3.05, 3.63) is 112 Å². The van der Waals surface area contributed by atoms with Gasteiger partial charge in [0.1, 0.15) is 24.1 Å². The molecule has 396 valence electrons. The molecule has 2 aliphatic heterocycles. The topological polar surface area (TPSA) is 259 Å². The number of ether oxygens (including phenoxy) is 5. The van der Waals surface area contributed by atoms with E-state index in [0.717, 1.165) is 43.7 Å². The molecule has 0 unspecified atom stereocenters. The number of carbonyl (C=O) groups is 2. The second kappa shape index (κ2) is 26.5. The van der Waals surface area contributed by atoms with Crippen LogP contribution in [0, 0.1) is 11.7 Å². The van der Waals surface area contributed by atoms with E-state index in [2.05, 4.69) is 93.0 Å². The first-order valence-electron chi connectivity index (χ1n) is 24.6. The quantitative estimate of drug-likeness (QED) is 0.0292. The molecule has 2 aromatic heterocycles. The lowest BCUT2D eigenvalue weighted by Gasteiger charge is -2.35. The second-order valence-electron chi connectivity index (χ2n) is 17.8. The van der Waals surface area contributed by atoms with Gasteiger partial charge in [0, 0.05) is 56.8 Å². The van der Waals surface area contributed by atoms with Crippen molar-refractivity contribution in [1.29, 1.82) is 0 Å². The van der Waals surface area contributed by atoms with E-state index >= 15 is 0 Å². The third-order valence-corrected chi connectivity index (χ3v) is 14.5. The molecule has 0 bridgehead atoms. The van der Waals surface area contributed by atoms with Crippen LogP contribution in [-0.4, -0.2) is 137 Å². The van der Waals surface area contributed by atoms with E-state index in [1.165, 1.54) is 60.2 Å². The van der Waals surface area contributed by atoms with Gasteiger partial charge in [-0.05, 0) is 82.7 Å². The van der Waals surface area contributed by atoms with E-state index in [0.29, 0.717) is 60.0 Å². The van der Waals surface area contributed by atoms with E-state index in [1.54, 1.807) is 18.3 Å². The summed E-state index contributed by atoms with van der Waals surface area (Å²) in [5.74, 6) is 0.396. The zero-order valence-corrected chi connectivity index (χ0v) is 43.5. The summed E-state index contributed by atoms with van der Waals surface area (Å²) >= 11 is 3.34. The van der Waals surface area contributed by atoms with Crippen LogP contribution in [0.2, 0.25) is 0 Å². The van der Waals surface area contributed by atoms with Gasteiger partial charge in [-0.25, -0.2) is 32.3 Å². The summed E-state index contributed by atoms with van der Waals surface area (Å²) < 4.78 is 70.8. The van der Waals surface area contributed by atoms with Crippen LogP contribution in [0.15, 0.2) is 88.5 Å². The average Bonchev–Trinajstić information content (AvgIpc) is 4.23. The fraction of sp³-hybridized carbons (Fsp3) is 0.440. The van der Waals surface area contributed by atoms with Crippen LogP contribution in [0.5, 0.6) is 0 Å². The lowest BCUT2D eigenvalue weighted by molar-refractivity contribution is -0.000522. The molecule has 2 amide bonds. The number of nitrogens with one attached hydrogen (secondary N) is 5. The van der Waals surface area contributed by atoms with Crippen molar-refractivity contribution >= 4 is 72.9 Å². The Morgan fingerprint density at radius 1 is 0.865 bits per heavy atom. The van der Waals surface area contributed by atoms with Crippen molar-refractivity contribution in [3.8, 4) is 0 Å². The van der Waals surface area contributed by atoms with Crippen LogP contribution in [0.25, 0.3) is 0 Å². The van der Waals surface area contributed by atoms with Gasteiger partial charge in [0.05, 0.1) is 91.6 Å². The number of benzene rings is 3. The Bertz CT molecular complexity index is 2780. The maximum absolute atomic E-state index is 14.3. The van der Waals surface area contributed by atoms with Crippen molar-refractivity contribution in [2.75, 3.05) is 113 Å². The van der Waals surface area contributed by atoms with Gasteiger partial charge in [0.15, 0.2) is 0 Å². The molecule has 24 heteroatoms. The third kappa shape index (κ3) is 15.3. The first kappa shape index (κ1) is 54.3. The maximum atomic E-state index is 14.3. The van der Waals surface area contributed by atoms with Gasteiger partial charge >= 0.3 is 6.09 Å². The SMILES string of the molecule is C[C@H](Nc1ncc2c(n1)N(CCOCCOCCOCCOCCNS(=O)(=O)c1ccc(Nc3ncc(Br)c(Nc4cccc(F)c4C(N)=O)n3)cc1)C(=O)OC2)c1ccc([C@H](CC2CC2)N2CCNCC2)cc1. The van der Waals surface area contributed by atoms with Crippen molar-refractivity contribution in [2.24, 2.45) is 11.7 Å².